The number of fused-ring (bicyclic) bond motifs is 1. The summed E-state index contributed by atoms with van der Waals surface area (Å²) < 4.78 is 11.3. The number of aromatic nitrogens is 1. The molecule has 6 nitrogen and oxygen atoms in total. The van der Waals surface area contributed by atoms with Gasteiger partial charge in [0.1, 0.15) is 11.1 Å². The van der Waals surface area contributed by atoms with Crippen LogP contribution in [0.1, 0.15) is 33.6 Å². The van der Waals surface area contributed by atoms with E-state index in [2.05, 4.69) is 4.98 Å². The summed E-state index contributed by atoms with van der Waals surface area (Å²) in [6, 6.07) is 8.38. The Morgan fingerprint density at radius 3 is 2.88 bits per heavy atom. The molecule has 1 aliphatic heterocycles. The van der Waals surface area contributed by atoms with Crippen LogP contribution >= 0.6 is 0 Å². The molecule has 2 aromatic rings. The van der Waals surface area contributed by atoms with E-state index in [1.807, 2.05) is 61.9 Å². The van der Waals surface area contributed by atoms with Gasteiger partial charge in [0, 0.05) is 26.7 Å². The van der Waals surface area contributed by atoms with E-state index < -0.39 is 5.60 Å². The van der Waals surface area contributed by atoms with Gasteiger partial charge in [-0.25, -0.2) is 4.79 Å². The lowest BCUT2D eigenvalue weighted by atomic mass is 9.98. The zero-order valence-electron chi connectivity index (χ0n) is 15.5. The van der Waals surface area contributed by atoms with Gasteiger partial charge in [-0.1, -0.05) is 12.1 Å². The van der Waals surface area contributed by atoms with Gasteiger partial charge in [0.2, 0.25) is 0 Å². The number of likely N-dealkylation sites (tertiary alicyclic amines) is 1. The quantitative estimate of drug-likeness (QED) is 0.844. The van der Waals surface area contributed by atoms with Crippen LogP contribution in [0.4, 0.5) is 10.8 Å². The molecular weight excluding hydrogens is 318 g/mol. The highest BCUT2D eigenvalue weighted by molar-refractivity contribution is 5.74. The number of nitrogens with zero attached hydrogens (tertiary/aromatic N) is 3. The van der Waals surface area contributed by atoms with Gasteiger partial charge in [0.05, 0.1) is 0 Å². The molecule has 3 rings (SSSR count). The van der Waals surface area contributed by atoms with Crippen molar-refractivity contribution in [3.05, 3.63) is 24.3 Å². The number of para-hydroxylation sites is 2. The molecule has 0 saturated carbocycles. The van der Waals surface area contributed by atoms with Gasteiger partial charge in [0.15, 0.2) is 5.58 Å². The van der Waals surface area contributed by atoms with Crippen LogP contribution in [0.3, 0.4) is 0 Å². The number of carbonyl (C=O) groups is 1. The second-order valence-corrected chi connectivity index (χ2v) is 7.78. The number of ether oxygens (including phenoxy) is 1. The van der Waals surface area contributed by atoms with E-state index in [4.69, 9.17) is 9.15 Å². The molecule has 1 saturated heterocycles. The first-order chi connectivity index (χ1) is 11.8. The molecule has 0 aliphatic carbocycles. The van der Waals surface area contributed by atoms with Gasteiger partial charge < -0.3 is 19.0 Å². The number of hydrogen-bond donors (Lipinski definition) is 0. The second-order valence-electron chi connectivity index (χ2n) is 7.78. The fourth-order valence-corrected chi connectivity index (χ4v) is 3.20. The SMILES string of the molecule is CN(C[C@@H]1CCCN(C(=O)OC(C)(C)C)C1)c1nc2ccccc2o1. The Labute approximate surface area is 148 Å². The summed E-state index contributed by atoms with van der Waals surface area (Å²) >= 11 is 0. The van der Waals surface area contributed by atoms with E-state index in [9.17, 15) is 4.79 Å². The Hall–Kier alpha value is -2.24. The molecule has 0 spiro atoms. The zero-order chi connectivity index (χ0) is 18.0. The van der Waals surface area contributed by atoms with E-state index >= 15 is 0 Å². The van der Waals surface area contributed by atoms with Crippen molar-refractivity contribution in [3.8, 4) is 0 Å². The molecule has 25 heavy (non-hydrogen) atoms. The van der Waals surface area contributed by atoms with Crippen molar-refractivity contribution in [3.63, 3.8) is 0 Å². The predicted molar refractivity (Wildman–Crippen MR) is 97.8 cm³/mol. The van der Waals surface area contributed by atoms with Crippen LogP contribution in [0.5, 0.6) is 0 Å². The standard InChI is InChI=1S/C19H27N3O3/c1-19(2,3)25-18(23)22-11-7-8-14(13-22)12-21(4)17-20-15-9-5-6-10-16(15)24-17/h5-6,9-10,14H,7-8,11-13H2,1-4H3/t14-/m0/s1. The molecule has 1 fully saturated rings. The number of rotatable bonds is 3. The van der Waals surface area contributed by atoms with Gasteiger partial charge in [-0.15, -0.1) is 0 Å². The van der Waals surface area contributed by atoms with E-state index in [0.717, 1.165) is 37.0 Å². The average Bonchev–Trinajstić information content (AvgIpc) is 2.98. The van der Waals surface area contributed by atoms with Gasteiger partial charge in [-0.2, -0.15) is 4.98 Å². The lowest BCUT2D eigenvalue weighted by Crippen LogP contribution is -2.45. The first-order valence-corrected chi connectivity index (χ1v) is 8.86. The largest absolute Gasteiger partial charge is 0.444 e. The highest BCUT2D eigenvalue weighted by atomic mass is 16.6. The van der Waals surface area contributed by atoms with Crippen molar-refractivity contribution in [2.75, 3.05) is 31.6 Å². The Kier molecular flexibility index (Phi) is 4.88. The summed E-state index contributed by atoms with van der Waals surface area (Å²) in [5, 5.41) is 0. The summed E-state index contributed by atoms with van der Waals surface area (Å²) in [7, 11) is 1.98. The molecule has 2 heterocycles. The Morgan fingerprint density at radius 2 is 2.16 bits per heavy atom. The average molecular weight is 345 g/mol. The van der Waals surface area contributed by atoms with Gasteiger partial charge >= 0.3 is 6.09 Å². The molecule has 1 amide bonds. The van der Waals surface area contributed by atoms with Crippen LogP contribution in [0, 0.1) is 5.92 Å². The zero-order valence-corrected chi connectivity index (χ0v) is 15.5. The molecule has 6 heteroatoms. The summed E-state index contributed by atoms with van der Waals surface area (Å²) in [6.07, 6.45) is 1.86. The fraction of sp³-hybridized carbons (Fsp3) is 0.579. The van der Waals surface area contributed by atoms with Crippen LogP contribution in [0.15, 0.2) is 28.7 Å². The lowest BCUT2D eigenvalue weighted by molar-refractivity contribution is 0.0169. The molecule has 1 aliphatic rings. The third-order valence-corrected chi connectivity index (χ3v) is 4.31. The van der Waals surface area contributed by atoms with E-state index in [-0.39, 0.29) is 6.09 Å². The molecule has 136 valence electrons. The maximum Gasteiger partial charge on any atom is 0.410 e. The Morgan fingerprint density at radius 1 is 1.40 bits per heavy atom. The number of amides is 1. The fourth-order valence-electron chi connectivity index (χ4n) is 3.20. The Bertz CT molecular complexity index is 702. The van der Waals surface area contributed by atoms with Crippen molar-refractivity contribution in [2.45, 2.75) is 39.2 Å². The highest BCUT2D eigenvalue weighted by Gasteiger charge is 2.28. The van der Waals surface area contributed by atoms with Crippen LogP contribution in [0.25, 0.3) is 11.1 Å². The van der Waals surface area contributed by atoms with Crippen molar-refractivity contribution in [2.24, 2.45) is 5.92 Å². The van der Waals surface area contributed by atoms with Crippen LogP contribution < -0.4 is 4.90 Å². The van der Waals surface area contributed by atoms with Gasteiger partial charge in [-0.3, -0.25) is 0 Å². The van der Waals surface area contributed by atoms with Crippen molar-refractivity contribution in [1.82, 2.24) is 9.88 Å². The van der Waals surface area contributed by atoms with E-state index in [0.29, 0.717) is 18.5 Å². The van der Waals surface area contributed by atoms with Crippen molar-refractivity contribution < 1.29 is 13.9 Å². The lowest BCUT2D eigenvalue weighted by Gasteiger charge is -2.35. The summed E-state index contributed by atoms with van der Waals surface area (Å²) in [5.41, 5.74) is 1.20. The number of carbonyl (C=O) groups excluding carboxylic acids is 1. The Balaban J connectivity index is 1.61. The molecule has 1 aromatic heterocycles. The minimum Gasteiger partial charge on any atom is -0.444 e. The first-order valence-electron chi connectivity index (χ1n) is 8.86. The third-order valence-electron chi connectivity index (χ3n) is 4.31. The molecule has 0 bridgehead atoms. The number of hydrogen-bond acceptors (Lipinski definition) is 5. The van der Waals surface area contributed by atoms with Crippen molar-refractivity contribution in [1.29, 1.82) is 0 Å². The number of piperidine rings is 1. The molecule has 1 aromatic carbocycles. The smallest absolute Gasteiger partial charge is 0.410 e. The molecule has 0 N–H and O–H groups in total. The van der Waals surface area contributed by atoms with Crippen LogP contribution in [-0.2, 0) is 4.74 Å². The monoisotopic (exact) mass is 345 g/mol. The number of anilines is 1. The maximum absolute atomic E-state index is 12.3. The normalized spacial score (nSPS) is 18.4. The van der Waals surface area contributed by atoms with Gasteiger partial charge in [-0.05, 0) is 51.7 Å². The molecule has 0 radical (unpaired) electrons. The minimum absolute atomic E-state index is 0.221. The van der Waals surface area contributed by atoms with Crippen LogP contribution in [-0.4, -0.2) is 48.3 Å². The summed E-state index contributed by atoms with van der Waals surface area (Å²) in [4.78, 5) is 20.7. The minimum atomic E-state index is -0.459. The van der Waals surface area contributed by atoms with Crippen molar-refractivity contribution >= 4 is 23.2 Å². The van der Waals surface area contributed by atoms with E-state index in [1.165, 1.54) is 0 Å². The summed E-state index contributed by atoms with van der Waals surface area (Å²) in [6.45, 7) is 7.96. The topological polar surface area (TPSA) is 58.8 Å². The number of oxazole rings is 1. The van der Waals surface area contributed by atoms with Crippen LogP contribution in [0.2, 0.25) is 0 Å². The number of benzene rings is 1. The molecule has 0 unspecified atom stereocenters. The van der Waals surface area contributed by atoms with Gasteiger partial charge in [0.25, 0.3) is 6.01 Å². The van der Waals surface area contributed by atoms with E-state index in [1.54, 1.807) is 0 Å². The first kappa shape index (κ1) is 17.6. The second kappa shape index (κ2) is 6.94. The highest BCUT2D eigenvalue weighted by Crippen LogP contribution is 2.24. The predicted octanol–water partition coefficient (Wildman–Crippen LogP) is 3.91. The molecule has 1 atom stereocenters. The maximum atomic E-state index is 12.3. The summed E-state index contributed by atoms with van der Waals surface area (Å²) in [5.74, 6) is 0.376. The third kappa shape index (κ3) is 4.44. The molecular formula is C19H27N3O3.